The van der Waals surface area contributed by atoms with Crippen molar-refractivity contribution in [2.24, 2.45) is 4.99 Å². The second-order valence-corrected chi connectivity index (χ2v) is 7.74. The largest absolute Gasteiger partial charge is 0.402 e. The molecule has 1 aromatic rings. The van der Waals surface area contributed by atoms with Crippen molar-refractivity contribution in [3.63, 3.8) is 0 Å². The lowest BCUT2D eigenvalue weighted by Crippen LogP contribution is -2.63. The number of fused-ring (bicyclic) bond motifs is 3. The molecule has 3 aliphatic rings. The molecule has 4 rings (SSSR count). The Kier molecular flexibility index (Phi) is 3.78. The van der Waals surface area contributed by atoms with Crippen LogP contribution in [0.15, 0.2) is 17.1 Å². The summed E-state index contributed by atoms with van der Waals surface area (Å²) in [4.78, 5) is 33.4. The Morgan fingerprint density at radius 3 is 2.54 bits per heavy atom. The Bertz CT molecular complexity index is 860. The van der Waals surface area contributed by atoms with E-state index in [9.17, 15) is 9.59 Å². The summed E-state index contributed by atoms with van der Waals surface area (Å²) < 4.78 is 4.29. The summed E-state index contributed by atoms with van der Waals surface area (Å²) in [6, 6.07) is -0.467. The highest BCUT2D eigenvalue weighted by molar-refractivity contribution is 6.19. The number of imidazole rings is 1. The number of hydrogen-bond acceptors (Lipinski definition) is 3. The van der Waals surface area contributed by atoms with Gasteiger partial charge >= 0.3 is 12.0 Å². The van der Waals surface area contributed by atoms with Gasteiger partial charge in [-0.2, -0.15) is 0 Å². The number of aliphatic imine (C=N–C) groups is 1. The molecule has 26 heavy (non-hydrogen) atoms. The van der Waals surface area contributed by atoms with Gasteiger partial charge in [0.05, 0.1) is 12.6 Å². The minimum absolute atomic E-state index is 0.217. The van der Waals surface area contributed by atoms with E-state index in [1.54, 1.807) is 7.05 Å². The zero-order valence-electron chi connectivity index (χ0n) is 15.9. The first-order valence-corrected chi connectivity index (χ1v) is 9.28. The number of amides is 3. The molecule has 0 spiro atoms. The maximum Gasteiger partial charge on any atom is 0.402 e. The summed E-state index contributed by atoms with van der Waals surface area (Å²) in [5, 5.41) is 0. The first-order valence-electron chi connectivity index (χ1n) is 9.28. The predicted octanol–water partition coefficient (Wildman–Crippen LogP) is 2.56. The third-order valence-electron chi connectivity index (χ3n) is 5.87. The summed E-state index contributed by atoms with van der Waals surface area (Å²) in [5.41, 5.74) is 2.98. The lowest BCUT2D eigenvalue weighted by atomic mass is 10.1. The zero-order valence-corrected chi connectivity index (χ0v) is 15.9. The summed E-state index contributed by atoms with van der Waals surface area (Å²) in [6.07, 6.45) is 4.74. The van der Waals surface area contributed by atoms with Crippen LogP contribution in [0, 0.1) is 13.8 Å². The molecule has 1 atom stereocenters. The number of rotatable bonds is 3. The van der Waals surface area contributed by atoms with Gasteiger partial charge in [-0.1, -0.05) is 17.1 Å². The van der Waals surface area contributed by atoms with Crippen LogP contribution in [0.5, 0.6) is 0 Å². The van der Waals surface area contributed by atoms with E-state index in [4.69, 9.17) is 4.99 Å². The molecule has 0 bridgehead atoms. The van der Waals surface area contributed by atoms with Crippen molar-refractivity contribution in [2.45, 2.75) is 58.5 Å². The average molecular weight is 356 g/mol. The average Bonchev–Trinajstić information content (AvgIpc) is 3.28. The molecule has 0 N–H and O–H groups in total. The molecule has 1 aromatic heterocycles. The Hall–Kier alpha value is -2.44. The fourth-order valence-corrected chi connectivity index (χ4v) is 4.48. The molecule has 3 amide bonds. The van der Waals surface area contributed by atoms with Crippen LogP contribution in [-0.4, -0.2) is 45.7 Å². The first kappa shape index (κ1) is 17.0. The van der Waals surface area contributed by atoms with E-state index < -0.39 is 6.04 Å². The third kappa shape index (κ3) is 2.19. The van der Waals surface area contributed by atoms with Gasteiger partial charge in [0, 0.05) is 7.05 Å². The van der Waals surface area contributed by atoms with E-state index in [-0.39, 0.29) is 18.5 Å². The van der Waals surface area contributed by atoms with Crippen LogP contribution in [0.25, 0.3) is 0 Å². The monoisotopic (exact) mass is 356 g/mol. The van der Waals surface area contributed by atoms with Gasteiger partial charge in [0.15, 0.2) is 0 Å². The zero-order chi connectivity index (χ0) is 18.7. The van der Waals surface area contributed by atoms with E-state index >= 15 is 0 Å². The number of likely N-dealkylation sites (N-methyl/N-ethyl adjacent to an activating group) is 1. The van der Waals surface area contributed by atoms with Gasteiger partial charge in [-0.25, -0.2) is 13.9 Å². The smallest absolute Gasteiger partial charge is 0.270 e. The summed E-state index contributed by atoms with van der Waals surface area (Å²) in [6.45, 7) is 10.1. The highest BCUT2D eigenvalue weighted by Crippen LogP contribution is 2.38. The van der Waals surface area contributed by atoms with Gasteiger partial charge < -0.3 is 0 Å². The van der Waals surface area contributed by atoms with Crippen molar-refractivity contribution in [3.8, 4) is 0 Å². The van der Waals surface area contributed by atoms with Gasteiger partial charge in [0.25, 0.3) is 5.91 Å². The molecule has 1 saturated carbocycles. The molecule has 3 heterocycles. The highest BCUT2D eigenvalue weighted by atomic mass is 16.2. The molecule has 2 aliphatic heterocycles. The number of amidine groups is 1. The fraction of sp³-hybridized carbons (Fsp3) is 0.579. The number of carbonyl (C=O) groups excluding carboxylic acids is 2. The number of hydrogen-bond donors (Lipinski definition) is 0. The summed E-state index contributed by atoms with van der Waals surface area (Å²) in [5.74, 6) is 1.12. The molecule has 0 radical (unpaired) electrons. The van der Waals surface area contributed by atoms with E-state index in [0.29, 0.717) is 11.9 Å². The van der Waals surface area contributed by atoms with E-state index in [1.165, 1.54) is 22.6 Å². The maximum atomic E-state index is 13.2. The van der Waals surface area contributed by atoms with Crippen LogP contribution in [0.3, 0.4) is 0 Å². The van der Waals surface area contributed by atoms with Gasteiger partial charge in [0.1, 0.15) is 11.4 Å². The third-order valence-corrected chi connectivity index (χ3v) is 5.87. The molecular formula is C19H26N5O2+. The van der Waals surface area contributed by atoms with Crippen molar-refractivity contribution in [2.75, 3.05) is 13.6 Å². The van der Waals surface area contributed by atoms with Gasteiger partial charge in [-0.05, 0) is 46.5 Å². The number of aromatic nitrogens is 2. The molecule has 138 valence electrons. The fourth-order valence-electron chi connectivity index (χ4n) is 4.48. The van der Waals surface area contributed by atoms with Gasteiger partial charge in [0.2, 0.25) is 11.9 Å². The van der Waals surface area contributed by atoms with Crippen LogP contribution in [-0.2, 0) is 4.79 Å². The van der Waals surface area contributed by atoms with E-state index in [0.717, 1.165) is 35.8 Å². The topological polar surface area (TPSA) is 61.8 Å². The minimum Gasteiger partial charge on any atom is -0.270 e. The minimum atomic E-state index is -0.562. The normalized spacial score (nSPS) is 22.8. The second-order valence-electron chi connectivity index (χ2n) is 7.74. The predicted molar refractivity (Wildman–Crippen MR) is 97.4 cm³/mol. The van der Waals surface area contributed by atoms with E-state index in [2.05, 4.69) is 18.1 Å². The van der Waals surface area contributed by atoms with Crippen LogP contribution >= 0.6 is 0 Å². The Balaban J connectivity index is 1.84. The van der Waals surface area contributed by atoms with E-state index in [1.807, 2.05) is 18.4 Å². The Labute approximate surface area is 153 Å². The molecule has 1 unspecified atom stereocenters. The second kappa shape index (κ2) is 5.79. The molecule has 7 nitrogen and oxygen atoms in total. The number of nitrogens with zero attached hydrogens (tertiary/aromatic N) is 5. The quantitative estimate of drug-likeness (QED) is 0.617. The lowest BCUT2D eigenvalue weighted by Gasteiger charge is -2.33. The van der Waals surface area contributed by atoms with Crippen LogP contribution in [0.2, 0.25) is 0 Å². The van der Waals surface area contributed by atoms with Crippen molar-refractivity contribution < 1.29 is 14.2 Å². The maximum absolute atomic E-state index is 13.2. The molecule has 1 saturated heterocycles. The van der Waals surface area contributed by atoms with Crippen molar-refractivity contribution >= 4 is 23.7 Å². The molecule has 2 fully saturated rings. The van der Waals surface area contributed by atoms with Crippen LogP contribution in [0.4, 0.5) is 10.7 Å². The van der Waals surface area contributed by atoms with Gasteiger partial charge in [-0.3, -0.25) is 14.6 Å². The molecule has 7 heteroatoms. The molecule has 0 aromatic carbocycles. The number of imide groups is 1. The van der Waals surface area contributed by atoms with Crippen molar-refractivity contribution in [1.29, 1.82) is 0 Å². The highest BCUT2D eigenvalue weighted by Gasteiger charge is 2.54. The summed E-state index contributed by atoms with van der Waals surface area (Å²) in [7, 11) is 1.70. The SMILES string of the molecule is C=C(C)CN1C(=O)C2C(=Nc3n(C4CCCC4)c(C)c(C)[n+]32)N(C)C1=O. The standard InChI is InChI=1S/C19H26N5O2/c1-11(2)10-22-17(25)15-16(21(5)19(22)26)20-18-23(14-8-6-7-9-14)12(3)13(4)24(15)18/h14-15H,1,6-10H2,2-5H3/q+1. The Morgan fingerprint density at radius 2 is 1.92 bits per heavy atom. The molecular weight excluding hydrogens is 330 g/mol. The lowest BCUT2D eigenvalue weighted by molar-refractivity contribution is -0.683. The van der Waals surface area contributed by atoms with Crippen molar-refractivity contribution in [3.05, 3.63) is 23.5 Å². The number of urea groups is 1. The summed E-state index contributed by atoms with van der Waals surface area (Å²) >= 11 is 0. The number of carbonyl (C=O) groups is 2. The first-order chi connectivity index (χ1) is 12.3. The van der Waals surface area contributed by atoms with Crippen LogP contribution < -0.4 is 4.57 Å². The van der Waals surface area contributed by atoms with Crippen LogP contribution in [0.1, 0.15) is 56.1 Å². The van der Waals surface area contributed by atoms with Crippen molar-refractivity contribution in [1.82, 2.24) is 14.4 Å². The van der Waals surface area contributed by atoms with Gasteiger partial charge in [-0.15, -0.1) is 0 Å². The Morgan fingerprint density at radius 1 is 1.27 bits per heavy atom. The molecule has 1 aliphatic carbocycles.